The molecule has 3 aromatic rings. The Bertz CT molecular complexity index is 784. The fourth-order valence-electron chi connectivity index (χ4n) is 2.77. The molecule has 25 heavy (non-hydrogen) atoms. The highest BCUT2D eigenvalue weighted by Gasteiger charge is 2.14. The second-order valence-electron chi connectivity index (χ2n) is 6.39. The zero-order valence-corrected chi connectivity index (χ0v) is 14.7. The van der Waals surface area contributed by atoms with Crippen LogP contribution in [0.1, 0.15) is 18.9 Å². The Morgan fingerprint density at radius 2 is 1.84 bits per heavy atom. The summed E-state index contributed by atoms with van der Waals surface area (Å²) < 4.78 is 1.92. The van der Waals surface area contributed by atoms with Gasteiger partial charge in [-0.15, -0.1) is 0 Å². The Balaban J connectivity index is 1.91. The largest absolute Gasteiger partial charge is 0.393 e. The number of hydrogen-bond acceptors (Lipinski definition) is 4. The zero-order valence-electron chi connectivity index (χ0n) is 14.7. The van der Waals surface area contributed by atoms with E-state index in [4.69, 9.17) is 5.10 Å². The quantitative estimate of drug-likeness (QED) is 0.720. The molecule has 3 rings (SSSR count). The van der Waals surface area contributed by atoms with Crippen molar-refractivity contribution in [2.45, 2.75) is 26.0 Å². The van der Waals surface area contributed by atoms with E-state index in [-0.39, 0.29) is 6.10 Å². The van der Waals surface area contributed by atoms with E-state index in [1.54, 1.807) is 12.4 Å². The molecule has 0 aliphatic rings. The van der Waals surface area contributed by atoms with Crippen LogP contribution < -0.4 is 0 Å². The monoisotopic (exact) mass is 336 g/mol. The van der Waals surface area contributed by atoms with E-state index < -0.39 is 0 Å². The van der Waals surface area contributed by atoms with E-state index in [0.29, 0.717) is 0 Å². The topological polar surface area (TPSA) is 54.2 Å². The van der Waals surface area contributed by atoms with E-state index in [1.807, 2.05) is 54.1 Å². The predicted molar refractivity (Wildman–Crippen MR) is 99.4 cm³/mol. The van der Waals surface area contributed by atoms with Gasteiger partial charge in [0.15, 0.2) is 0 Å². The van der Waals surface area contributed by atoms with E-state index in [9.17, 15) is 5.11 Å². The van der Waals surface area contributed by atoms with Gasteiger partial charge in [-0.2, -0.15) is 5.10 Å². The lowest BCUT2D eigenvalue weighted by Crippen LogP contribution is -2.22. The van der Waals surface area contributed by atoms with Gasteiger partial charge in [0.05, 0.1) is 17.5 Å². The van der Waals surface area contributed by atoms with Gasteiger partial charge >= 0.3 is 0 Å². The summed E-state index contributed by atoms with van der Waals surface area (Å²) in [7, 11) is 2.07. The average Bonchev–Trinajstić information content (AvgIpc) is 3.05. The molecule has 1 N–H and O–H groups in total. The molecule has 0 aliphatic carbocycles. The molecule has 1 atom stereocenters. The highest BCUT2D eigenvalue weighted by Crippen LogP contribution is 2.24. The van der Waals surface area contributed by atoms with Crippen LogP contribution in [0.2, 0.25) is 0 Å². The van der Waals surface area contributed by atoms with Crippen molar-refractivity contribution in [1.29, 1.82) is 0 Å². The Morgan fingerprint density at radius 3 is 2.52 bits per heavy atom. The summed E-state index contributed by atoms with van der Waals surface area (Å²) in [6.45, 7) is 3.44. The van der Waals surface area contributed by atoms with Crippen LogP contribution in [-0.4, -0.2) is 44.5 Å². The molecule has 2 aromatic heterocycles. The highest BCUT2D eigenvalue weighted by atomic mass is 16.3. The molecular formula is C20H24N4O. The lowest BCUT2D eigenvalue weighted by atomic mass is 10.1. The van der Waals surface area contributed by atoms with Crippen LogP contribution in [-0.2, 0) is 6.54 Å². The molecule has 2 heterocycles. The summed E-state index contributed by atoms with van der Waals surface area (Å²) in [5.41, 5.74) is 4.22. The van der Waals surface area contributed by atoms with E-state index >= 15 is 0 Å². The lowest BCUT2D eigenvalue weighted by Gasteiger charge is -2.17. The van der Waals surface area contributed by atoms with Gasteiger partial charge in [0.25, 0.3) is 0 Å². The molecule has 0 spiro atoms. The molecule has 0 saturated carbocycles. The van der Waals surface area contributed by atoms with Crippen molar-refractivity contribution in [1.82, 2.24) is 19.7 Å². The average molecular weight is 336 g/mol. The number of rotatable bonds is 7. The molecule has 0 radical (unpaired) electrons. The zero-order chi connectivity index (χ0) is 17.6. The van der Waals surface area contributed by atoms with Gasteiger partial charge in [0, 0.05) is 42.8 Å². The molecule has 5 nitrogen and oxygen atoms in total. The first-order chi connectivity index (χ1) is 12.1. The molecule has 0 aliphatic heterocycles. The molecule has 5 heteroatoms. The minimum atomic E-state index is -0.283. The van der Waals surface area contributed by atoms with Crippen molar-refractivity contribution >= 4 is 0 Å². The Hall–Kier alpha value is -2.50. The number of aliphatic hydroxyl groups excluding tert-OH is 1. The molecule has 1 unspecified atom stereocenters. The van der Waals surface area contributed by atoms with Crippen LogP contribution in [0.15, 0.2) is 61.1 Å². The van der Waals surface area contributed by atoms with Crippen LogP contribution in [0.3, 0.4) is 0 Å². The molecule has 0 amide bonds. The van der Waals surface area contributed by atoms with E-state index in [0.717, 1.165) is 42.0 Å². The molecule has 0 saturated heterocycles. The van der Waals surface area contributed by atoms with E-state index in [2.05, 4.69) is 23.1 Å². The first-order valence-corrected chi connectivity index (χ1v) is 8.54. The number of nitrogens with zero attached hydrogens (tertiary/aromatic N) is 4. The summed E-state index contributed by atoms with van der Waals surface area (Å²) in [4.78, 5) is 6.31. The number of hydrogen-bond donors (Lipinski definition) is 1. The number of aromatic nitrogens is 3. The maximum atomic E-state index is 9.50. The first kappa shape index (κ1) is 17.3. The SMILES string of the molecule is CC(O)CCN(C)Cc1cn(-c2ccccc2)nc1-c1ccncc1. The third kappa shape index (κ3) is 4.53. The normalized spacial score (nSPS) is 12.5. The van der Waals surface area contributed by atoms with Gasteiger partial charge in [-0.25, -0.2) is 4.68 Å². The predicted octanol–water partition coefficient (Wildman–Crippen LogP) is 3.14. The summed E-state index contributed by atoms with van der Waals surface area (Å²) in [6.07, 6.45) is 6.14. The van der Waals surface area contributed by atoms with Crippen molar-refractivity contribution in [3.63, 3.8) is 0 Å². The van der Waals surface area contributed by atoms with Gasteiger partial charge in [0.2, 0.25) is 0 Å². The fourth-order valence-corrected chi connectivity index (χ4v) is 2.77. The van der Waals surface area contributed by atoms with Crippen LogP contribution in [0.25, 0.3) is 16.9 Å². The van der Waals surface area contributed by atoms with E-state index in [1.165, 1.54) is 0 Å². The molecule has 1 aromatic carbocycles. The van der Waals surface area contributed by atoms with Crippen LogP contribution in [0, 0.1) is 0 Å². The summed E-state index contributed by atoms with van der Waals surface area (Å²) in [5.74, 6) is 0. The third-order valence-electron chi connectivity index (χ3n) is 4.13. The Morgan fingerprint density at radius 1 is 1.12 bits per heavy atom. The number of aliphatic hydroxyl groups is 1. The lowest BCUT2D eigenvalue weighted by molar-refractivity contribution is 0.163. The standard InChI is InChI=1S/C20H24N4O/c1-16(25)10-13-23(2)14-18-15-24(19-6-4-3-5-7-19)22-20(18)17-8-11-21-12-9-17/h3-9,11-12,15-16,25H,10,13-14H2,1-2H3. The van der Waals surface area contributed by atoms with Gasteiger partial charge in [0.1, 0.15) is 0 Å². The van der Waals surface area contributed by atoms with Crippen LogP contribution in [0.5, 0.6) is 0 Å². The minimum absolute atomic E-state index is 0.283. The number of benzene rings is 1. The first-order valence-electron chi connectivity index (χ1n) is 8.54. The third-order valence-corrected chi connectivity index (χ3v) is 4.13. The van der Waals surface area contributed by atoms with Crippen molar-refractivity contribution in [2.24, 2.45) is 0 Å². The maximum Gasteiger partial charge on any atom is 0.0973 e. The summed E-state index contributed by atoms with van der Waals surface area (Å²) in [5, 5.41) is 14.3. The van der Waals surface area contributed by atoms with Crippen LogP contribution in [0.4, 0.5) is 0 Å². The number of pyridine rings is 1. The minimum Gasteiger partial charge on any atom is -0.393 e. The molecule has 0 bridgehead atoms. The summed E-state index contributed by atoms with van der Waals surface area (Å²) in [6, 6.07) is 14.1. The smallest absolute Gasteiger partial charge is 0.0973 e. The van der Waals surface area contributed by atoms with Gasteiger partial charge in [-0.05, 0) is 44.7 Å². The second-order valence-corrected chi connectivity index (χ2v) is 6.39. The number of para-hydroxylation sites is 1. The second kappa shape index (κ2) is 8.05. The molecular weight excluding hydrogens is 312 g/mol. The van der Waals surface area contributed by atoms with Crippen molar-refractivity contribution < 1.29 is 5.11 Å². The van der Waals surface area contributed by atoms with Crippen molar-refractivity contribution in [3.05, 3.63) is 66.6 Å². The summed E-state index contributed by atoms with van der Waals surface area (Å²) >= 11 is 0. The highest BCUT2D eigenvalue weighted by molar-refractivity contribution is 5.62. The van der Waals surface area contributed by atoms with Gasteiger partial charge < -0.3 is 10.0 Å². The van der Waals surface area contributed by atoms with Gasteiger partial charge in [-0.1, -0.05) is 18.2 Å². The van der Waals surface area contributed by atoms with Crippen molar-refractivity contribution in [2.75, 3.05) is 13.6 Å². The van der Waals surface area contributed by atoms with Crippen LogP contribution >= 0.6 is 0 Å². The van der Waals surface area contributed by atoms with Gasteiger partial charge in [-0.3, -0.25) is 4.98 Å². The van der Waals surface area contributed by atoms with Crippen molar-refractivity contribution in [3.8, 4) is 16.9 Å². The Kier molecular flexibility index (Phi) is 5.58. The molecule has 0 fully saturated rings. The fraction of sp³-hybridized carbons (Fsp3) is 0.300. The molecule has 130 valence electrons. The Labute approximate surface area is 148 Å². The maximum absolute atomic E-state index is 9.50.